The molecule has 0 radical (unpaired) electrons. The Kier molecular flexibility index (Phi) is 1.99. The normalized spacial score (nSPS) is 36.7. The summed E-state index contributed by atoms with van der Waals surface area (Å²) in [5.41, 5.74) is 6.82. The Balaban J connectivity index is 2.03. The average Bonchev–Trinajstić information content (AvgIpc) is 2.89. The molecule has 8 heteroatoms. The Morgan fingerprint density at radius 3 is 2.89 bits per heavy atom. The van der Waals surface area contributed by atoms with Crippen molar-refractivity contribution in [1.82, 2.24) is 19.5 Å². The van der Waals surface area contributed by atoms with Crippen LogP contribution in [0.5, 0.6) is 0 Å². The summed E-state index contributed by atoms with van der Waals surface area (Å²) in [6.45, 7) is 1.89. The van der Waals surface area contributed by atoms with Crippen LogP contribution >= 0.6 is 0 Å². The lowest BCUT2D eigenvalue weighted by molar-refractivity contribution is -0.0631. The highest BCUT2D eigenvalue weighted by atomic mass is 16.6. The maximum absolute atomic E-state index is 10.1. The highest BCUT2D eigenvalue weighted by Gasteiger charge is 2.52. The van der Waals surface area contributed by atoms with Crippen LogP contribution in [0.15, 0.2) is 6.33 Å². The van der Waals surface area contributed by atoms with Crippen LogP contribution in [0.25, 0.3) is 11.2 Å². The van der Waals surface area contributed by atoms with Crippen molar-refractivity contribution < 1.29 is 14.9 Å². The molecule has 2 aromatic heterocycles. The first-order valence-electron chi connectivity index (χ1n) is 6.09. The molecular weight excluding hydrogens is 250 g/mol. The van der Waals surface area contributed by atoms with E-state index in [0.29, 0.717) is 22.8 Å². The summed E-state index contributed by atoms with van der Waals surface area (Å²) in [6.07, 6.45) is -1.71. The predicted molar refractivity (Wildman–Crippen MR) is 64.1 cm³/mol. The summed E-state index contributed by atoms with van der Waals surface area (Å²) in [4.78, 5) is 12.5. The monoisotopic (exact) mass is 263 g/mol. The number of imidazole rings is 1. The number of aliphatic hydroxyl groups is 2. The number of ether oxygens (including phenoxy) is 1. The Morgan fingerprint density at radius 2 is 2.11 bits per heavy atom. The Labute approximate surface area is 107 Å². The maximum Gasteiger partial charge on any atom is 0.167 e. The average molecular weight is 263 g/mol. The smallest absolute Gasteiger partial charge is 0.167 e. The number of aromatic nitrogens is 4. The van der Waals surface area contributed by atoms with Gasteiger partial charge in [-0.05, 0) is 0 Å². The van der Waals surface area contributed by atoms with Crippen molar-refractivity contribution in [3.8, 4) is 0 Å². The molecule has 0 saturated carbocycles. The van der Waals surface area contributed by atoms with Gasteiger partial charge in [-0.2, -0.15) is 0 Å². The van der Waals surface area contributed by atoms with Crippen molar-refractivity contribution in [3.05, 3.63) is 12.2 Å². The first-order valence-corrected chi connectivity index (χ1v) is 6.09. The SMILES string of the molecule is CC1c2nc3c(N)ncnc3n2C2OC1C(O)C2O. The van der Waals surface area contributed by atoms with Gasteiger partial charge in [-0.25, -0.2) is 15.0 Å². The van der Waals surface area contributed by atoms with Crippen LogP contribution in [0.2, 0.25) is 0 Å². The number of fused-ring (bicyclic) bond motifs is 6. The highest BCUT2D eigenvalue weighted by Crippen LogP contribution is 2.44. The molecule has 4 heterocycles. The van der Waals surface area contributed by atoms with Gasteiger partial charge in [0.25, 0.3) is 0 Å². The Bertz CT molecular complexity index is 672. The Morgan fingerprint density at radius 1 is 1.32 bits per heavy atom. The second-order valence-electron chi connectivity index (χ2n) is 5.03. The van der Waals surface area contributed by atoms with Gasteiger partial charge in [0.2, 0.25) is 0 Å². The zero-order valence-corrected chi connectivity index (χ0v) is 10.1. The zero-order chi connectivity index (χ0) is 13.3. The first kappa shape index (κ1) is 11.1. The molecule has 1 fully saturated rings. The van der Waals surface area contributed by atoms with Crippen LogP contribution in [0.4, 0.5) is 5.82 Å². The van der Waals surface area contributed by atoms with Crippen molar-refractivity contribution in [2.75, 3.05) is 5.73 Å². The first-order chi connectivity index (χ1) is 9.09. The third kappa shape index (κ3) is 1.20. The van der Waals surface area contributed by atoms with E-state index >= 15 is 0 Å². The van der Waals surface area contributed by atoms with Gasteiger partial charge in [-0.15, -0.1) is 0 Å². The molecule has 4 N–H and O–H groups in total. The summed E-state index contributed by atoms with van der Waals surface area (Å²) < 4.78 is 7.39. The van der Waals surface area contributed by atoms with Gasteiger partial charge in [0.1, 0.15) is 24.4 Å². The molecule has 100 valence electrons. The van der Waals surface area contributed by atoms with E-state index in [2.05, 4.69) is 15.0 Å². The van der Waals surface area contributed by atoms with E-state index in [1.807, 2.05) is 6.92 Å². The van der Waals surface area contributed by atoms with E-state index in [-0.39, 0.29) is 5.92 Å². The van der Waals surface area contributed by atoms with E-state index < -0.39 is 24.5 Å². The third-order valence-corrected chi connectivity index (χ3v) is 3.96. The number of anilines is 1. The number of aliphatic hydroxyl groups excluding tert-OH is 2. The quantitative estimate of drug-likeness (QED) is 0.566. The molecule has 0 aromatic carbocycles. The van der Waals surface area contributed by atoms with Gasteiger partial charge in [-0.1, -0.05) is 6.92 Å². The van der Waals surface area contributed by atoms with Crippen molar-refractivity contribution >= 4 is 17.0 Å². The van der Waals surface area contributed by atoms with Crippen LogP contribution in [0, 0.1) is 0 Å². The lowest BCUT2D eigenvalue weighted by Crippen LogP contribution is -2.32. The minimum atomic E-state index is -0.998. The molecule has 2 bridgehead atoms. The summed E-state index contributed by atoms with van der Waals surface area (Å²) in [5.74, 6) is 0.848. The summed E-state index contributed by atoms with van der Waals surface area (Å²) in [5, 5.41) is 20.1. The summed E-state index contributed by atoms with van der Waals surface area (Å²) in [6, 6.07) is 0. The number of hydrogen-bond donors (Lipinski definition) is 3. The predicted octanol–water partition coefficient (Wildman–Crippen LogP) is -0.855. The molecule has 0 spiro atoms. The fraction of sp³-hybridized carbons (Fsp3) is 0.545. The molecular formula is C11H13N5O3. The maximum atomic E-state index is 10.1. The van der Waals surface area contributed by atoms with Gasteiger partial charge in [0, 0.05) is 5.92 Å². The van der Waals surface area contributed by atoms with Crippen LogP contribution in [-0.4, -0.2) is 48.0 Å². The number of nitrogen functional groups attached to an aromatic ring is 1. The van der Waals surface area contributed by atoms with E-state index in [1.54, 1.807) is 4.57 Å². The lowest BCUT2D eigenvalue weighted by atomic mass is 9.99. The van der Waals surface area contributed by atoms with Crippen LogP contribution in [0.1, 0.15) is 24.9 Å². The Hall–Kier alpha value is -1.77. The molecule has 8 nitrogen and oxygen atoms in total. The molecule has 0 amide bonds. The fourth-order valence-electron chi connectivity index (χ4n) is 2.97. The van der Waals surface area contributed by atoms with E-state index in [0.717, 1.165) is 0 Å². The van der Waals surface area contributed by atoms with Crippen molar-refractivity contribution in [3.63, 3.8) is 0 Å². The van der Waals surface area contributed by atoms with E-state index in [4.69, 9.17) is 10.5 Å². The zero-order valence-electron chi connectivity index (χ0n) is 10.1. The second kappa shape index (κ2) is 3.41. The molecule has 5 unspecified atom stereocenters. The lowest BCUT2D eigenvalue weighted by Gasteiger charge is -2.28. The molecule has 0 aliphatic carbocycles. The standard InChI is InChI=1S/C11H13N5O3/c1-3-7-5(17)6(18)11(19-7)16-9(3)15-4-8(12)13-2-14-10(4)16/h2-3,5-7,11,17-18H,1H3,(H2,12,13,14). The van der Waals surface area contributed by atoms with Crippen LogP contribution in [-0.2, 0) is 4.74 Å². The largest absolute Gasteiger partial charge is 0.387 e. The summed E-state index contributed by atoms with van der Waals surface area (Å²) in [7, 11) is 0. The minimum Gasteiger partial charge on any atom is -0.387 e. The molecule has 2 aliphatic heterocycles. The van der Waals surface area contributed by atoms with Crippen molar-refractivity contribution in [1.29, 1.82) is 0 Å². The number of hydrogen-bond acceptors (Lipinski definition) is 7. The molecule has 19 heavy (non-hydrogen) atoms. The van der Waals surface area contributed by atoms with Gasteiger partial charge in [0.15, 0.2) is 23.2 Å². The molecule has 5 atom stereocenters. The number of rotatable bonds is 0. The molecule has 4 rings (SSSR count). The topological polar surface area (TPSA) is 119 Å². The van der Waals surface area contributed by atoms with Gasteiger partial charge >= 0.3 is 0 Å². The fourth-order valence-corrected chi connectivity index (χ4v) is 2.97. The van der Waals surface area contributed by atoms with Crippen LogP contribution in [0.3, 0.4) is 0 Å². The van der Waals surface area contributed by atoms with Crippen LogP contribution < -0.4 is 5.73 Å². The second-order valence-corrected chi connectivity index (χ2v) is 5.03. The van der Waals surface area contributed by atoms with Gasteiger partial charge < -0.3 is 20.7 Å². The third-order valence-electron chi connectivity index (χ3n) is 3.96. The highest BCUT2D eigenvalue weighted by molar-refractivity contribution is 5.82. The van der Waals surface area contributed by atoms with E-state index in [9.17, 15) is 10.2 Å². The molecule has 1 saturated heterocycles. The minimum absolute atomic E-state index is 0.156. The molecule has 2 aromatic rings. The molecule has 2 aliphatic rings. The van der Waals surface area contributed by atoms with Gasteiger partial charge in [0.05, 0.1) is 6.10 Å². The van der Waals surface area contributed by atoms with Crippen molar-refractivity contribution in [2.24, 2.45) is 0 Å². The van der Waals surface area contributed by atoms with E-state index in [1.165, 1.54) is 6.33 Å². The van der Waals surface area contributed by atoms with Crippen molar-refractivity contribution in [2.45, 2.75) is 37.4 Å². The van der Waals surface area contributed by atoms with Gasteiger partial charge in [-0.3, -0.25) is 4.57 Å². The number of nitrogens with two attached hydrogens (primary N) is 1. The summed E-state index contributed by atoms with van der Waals surface area (Å²) >= 11 is 0. The number of nitrogens with zero attached hydrogens (tertiary/aromatic N) is 4.